The Kier molecular flexibility index (Phi) is 4.15. The van der Waals surface area contributed by atoms with Gasteiger partial charge < -0.3 is 9.26 Å². The molecule has 4 rings (SSSR count). The summed E-state index contributed by atoms with van der Waals surface area (Å²) < 4.78 is 10.7. The van der Waals surface area contributed by atoms with E-state index in [-0.39, 0.29) is 6.61 Å². The molecular formula is C20H15N3O3. The maximum absolute atomic E-state index is 12.4. The standard InChI is InChI=1S/C20H15N3O3/c1-13-17(10-15-8-5-9-21-19(15)22-13)20(24)25-12-16-11-18(26-23-16)14-6-3-2-4-7-14/h2-11H,12H2,1H3. The second-order valence-electron chi connectivity index (χ2n) is 5.80. The molecule has 0 saturated heterocycles. The smallest absolute Gasteiger partial charge is 0.340 e. The Morgan fingerprint density at radius 2 is 1.96 bits per heavy atom. The molecule has 0 fully saturated rings. The molecule has 0 atom stereocenters. The molecule has 4 aromatic rings. The summed E-state index contributed by atoms with van der Waals surface area (Å²) in [5, 5.41) is 4.74. The summed E-state index contributed by atoms with van der Waals surface area (Å²) in [6, 6.07) is 16.8. The van der Waals surface area contributed by atoms with Crippen LogP contribution >= 0.6 is 0 Å². The monoisotopic (exact) mass is 345 g/mol. The summed E-state index contributed by atoms with van der Waals surface area (Å²) in [6.45, 7) is 1.79. The number of carbonyl (C=O) groups is 1. The number of nitrogens with zero attached hydrogens (tertiary/aromatic N) is 3. The van der Waals surface area contributed by atoms with Crippen molar-refractivity contribution in [1.29, 1.82) is 0 Å². The van der Waals surface area contributed by atoms with Gasteiger partial charge in [-0.1, -0.05) is 35.5 Å². The minimum atomic E-state index is -0.454. The molecule has 0 bridgehead atoms. The molecule has 0 aliphatic heterocycles. The lowest BCUT2D eigenvalue weighted by molar-refractivity contribution is 0.0463. The van der Waals surface area contributed by atoms with Crippen molar-refractivity contribution in [2.75, 3.05) is 0 Å². The van der Waals surface area contributed by atoms with E-state index >= 15 is 0 Å². The van der Waals surface area contributed by atoms with Crippen LogP contribution in [0.3, 0.4) is 0 Å². The van der Waals surface area contributed by atoms with Crippen LogP contribution in [-0.4, -0.2) is 21.1 Å². The quantitative estimate of drug-likeness (QED) is 0.521. The van der Waals surface area contributed by atoms with E-state index in [2.05, 4.69) is 15.1 Å². The van der Waals surface area contributed by atoms with Crippen LogP contribution in [0.2, 0.25) is 0 Å². The molecule has 0 radical (unpaired) electrons. The number of ether oxygens (including phenoxy) is 1. The summed E-state index contributed by atoms with van der Waals surface area (Å²) in [6.07, 6.45) is 1.67. The largest absolute Gasteiger partial charge is 0.455 e. The molecule has 0 N–H and O–H groups in total. The molecule has 0 saturated carbocycles. The first-order valence-corrected chi connectivity index (χ1v) is 8.11. The zero-order valence-electron chi connectivity index (χ0n) is 14.0. The topological polar surface area (TPSA) is 78.1 Å². The van der Waals surface area contributed by atoms with E-state index in [1.54, 1.807) is 31.3 Å². The molecular weight excluding hydrogens is 330 g/mol. The first-order valence-electron chi connectivity index (χ1n) is 8.11. The van der Waals surface area contributed by atoms with E-state index in [0.717, 1.165) is 10.9 Å². The minimum Gasteiger partial charge on any atom is -0.455 e. The van der Waals surface area contributed by atoms with Crippen LogP contribution in [0.1, 0.15) is 21.7 Å². The van der Waals surface area contributed by atoms with Crippen molar-refractivity contribution in [3.05, 3.63) is 77.7 Å². The van der Waals surface area contributed by atoms with E-state index in [0.29, 0.717) is 28.4 Å². The Labute approximate surface area is 149 Å². The summed E-state index contributed by atoms with van der Waals surface area (Å²) in [4.78, 5) is 20.9. The number of aryl methyl sites for hydroxylation is 1. The number of hydrogen-bond acceptors (Lipinski definition) is 6. The Balaban J connectivity index is 1.49. The average molecular weight is 345 g/mol. The Morgan fingerprint density at radius 3 is 2.81 bits per heavy atom. The Bertz CT molecular complexity index is 1070. The highest BCUT2D eigenvalue weighted by Crippen LogP contribution is 2.21. The van der Waals surface area contributed by atoms with Crippen molar-refractivity contribution in [1.82, 2.24) is 15.1 Å². The van der Waals surface area contributed by atoms with Crippen LogP contribution in [0.25, 0.3) is 22.4 Å². The van der Waals surface area contributed by atoms with Gasteiger partial charge in [0, 0.05) is 23.2 Å². The molecule has 26 heavy (non-hydrogen) atoms. The molecule has 0 aliphatic carbocycles. The van der Waals surface area contributed by atoms with Crippen molar-refractivity contribution in [3.8, 4) is 11.3 Å². The number of esters is 1. The third-order valence-electron chi connectivity index (χ3n) is 3.97. The molecule has 0 aliphatic rings. The van der Waals surface area contributed by atoms with Crippen molar-refractivity contribution in [3.63, 3.8) is 0 Å². The van der Waals surface area contributed by atoms with E-state index in [4.69, 9.17) is 9.26 Å². The van der Waals surface area contributed by atoms with Gasteiger partial charge >= 0.3 is 5.97 Å². The van der Waals surface area contributed by atoms with Crippen molar-refractivity contribution < 1.29 is 14.1 Å². The van der Waals surface area contributed by atoms with Crippen LogP contribution in [0.4, 0.5) is 0 Å². The molecule has 0 amide bonds. The highest BCUT2D eigenvalue weighted by Gasteiger charge is 2.15. The molecule has 3 aromatic heterocycles. The van der Waals surface area contributed by atoms with Gasteiger partial charge in [-0.25, -0.2) is 14.8 Å². The Hall–Kier alpha value is -3.54. The zero-order chi connectivity index (χ0) is 17.9. The van der Waals surface area contributed by atoms with Gasteiger partial charge in [0.25, 0.3) is 0 Å². The number of fused-ring (bicyclic) bond motifs is 1. The number of aromatic nitrogens is 3. The van der Waals surface area contributed by atoms with Gasteiger partial charge in [-0.2, -0.15) is 0 Å². The van der Waals surface area contributed by atoms with Crippen LogP contribution in [-0.2, 0) is 11.3 Å². The summed E-state index contributed by atoms with van der Waals surface area (Å²) in [7, 11) is 0. The van der Waals surface area contributed by atoms with Gasteiger partial charge in [-0.05, 0) is 25.1 Å². The fourth-order valence-corrected chi connectivity index (χ4v) is 2.64. The van der Waals surface area contributed by atoms with Gasteiger partial charge in [0.15, 0.2) is 11.4 Å². The highest BCUT2D eigenvalue weighted by atomic mass is 16.5. The van der Waals surface area contributed by atoms with Crippen LogP contribution in [0.5, 0.6) is 0 Å². The number of benzene rings is 1. The molecule has 128 valence electrons. The summed E-state index contributed by atoms with van der Waals surface area (Å²) >= 11 is 0. The predicted octanol–water partition coefficient (Wildman–Crippen LogP) is 3.95. The van der Waals surface area contributed by atoms with Crippen LogP contribution in [0.15, 0.2) is 65.3 Å². The maximum Gasteiger partial charge on any atom is 0.340 e. The second kappa shape index (κ2) is 6.76. The lowest BCUT2D eigenvalue weighted by Crippen LogP contribution is -2.08. The van der Waals surface area contributed by atoms with Crippen LogP contribution in [0, 0.1) is 6.92 Å². The van der Waals surface area contributed by atoms with E-state index < -0.39 is 5.97 Å². The molecule has 0 unspecified atom stereocenters. The third kappa shape index (κ3) is 3.17. The lowest BCUT2D eigenvalue weighted by Gasteiger charge is -2.06. The molecule has 3 heterocycles. The molecule has 1 aromatic carbocycles. The first kappa shape index (κ1) is 16.0. The highest BCUT2D eigenvalue weighted by molar-refractivity contribution is 5.94. The van der Waals surface area contributed by atoms with Gasteiger partial charge in [0.1, 0.15) is 12.3 Å². The van der Waals surface area contributed by atoms with Crippen molar-refractivity contribution in [2.24, 2.45) is 0 Å². The lowest BCUT2D eigenvalue weighted by atomic mass is 10.1. The maximum atomic E-state index is 12.4. The molecule has 6 heteroatoms. The zero-order valence-corrected chi connectivity index (χ0v) is 14.0. The SMILES string of the molecule is Cc1nc2ncccc2cc1C(=O)OCc1cc(-c2ccccc2)on1. The summed E-state index contributed by atoms with van der Waals surface area (Å²) in [5.74, 6) is 0.177. The van der Waals surface area contributed by atoms with E-state index in [1.807, 2.05) is 36.4 Å². The van der Waals surface area contributed by atoms with E-state index in [1.165, 1.54) is 0 Å². The fourth-order valence-electron chi connectivity index (χ4n) is 2.64. The normalized spacial score (nSPS) is 10.8. The van der Waals surface area contributed by atoms with Crippen molar-refractivity contribution in [2.45, 2.75) is 13.5 Å². The molecule has 0 spiro atoms. The second-order valence-corrected chi connectivity index (χ2v) is 5.80. The number of pyridine rings is 2. The summed E-state index contributed by atoms with van der Waals surface area (Å²) in [5.41, 5.74) is 3.05. The Morgan fingerprint density at radius 1 is 1.12 bits per heavy atom. The van der Waals surface area contributed by atoms with Gasteiger partial charge in [0.2, 0.25) is 0 Å². The fraction of sp³-hybridized carbons (Fsp3) is 0.100. The van der Waals surface area contributed by atoms with Crippen LogP contribution < -0.4 is 0 Å². The van der Waals surface area contributed by atoms with Crippen molar-refractivity contribution >= 4 is 17.0 Å². The third-order valence-corrected chi connectivity index (χ3v) is 3.97. The number of rotatable bonds is 4. The van der Waals surface area contributed by atoms with Gasteiger partial charge in [-0.3, -0.25) is 0 Å². The first-order chi connectivity index (χ1) is 12.7. The molecule has 6 nitrogen and oxygen atoms in total. The van der Waals surface area contributed by atoms with Gasteiger partial charge in [-0.15, -0.1) is 0 Å². The van der Waals surface area contributed by atoms with Gasteiger partial charge in [0.05, 0.1) is 11.3 Å². The number of carbonyl (C=O) groups excluding carboxylic acids is 1. The average Bonchev–Trinajstić information content (AvgIpc) is 3.15. The minimum absolute atomic E-state index is 0.0275. The predicted molar refractivity (Wildman–Crippen MR) is 95.3 cm³/mol. The number of hydrogen-bond donors (Lipinski definition) is 0. The van der Waals surface area contributed by atoms with E-state index in [9.17, 15) is 4.79 Å².